The van der Waals surface area contributed by atoms with Gasteiger partial charge in [-0.15, -0.1) is 0 Å². The molecule has 0 fully saturated rings. The maximum atomic E-state index is 13.0. The monoisotopic (exact) mass is 354 g/mol. The molecule has 3 aromatic rings. The van der Waals surface area contributed by atoms with Gasteiger partial charge in [-0.1, -0.05) is 42.5 Å². The molecule has 0 bridgehead atoms. The summed E-state index contributed by atoms with van der Waals surface area (Å²) in [6, 6.07) is 21.4. The summed E-state index contributed by atoms with van der Waals surface area (Å²) in [5.41, 5.74) is 6.10. The second-order valence-corrected chi connectivity index (χ2v) is 7.09. The molecule has 2 aliphatic heterocycles. The number of carbonyl (C=O) groups is 2. The molecular weight excluding hydrogens is 336 g/mol. The molecule has 2 heterocycles. The number of para-hydroxylation sites is 1. The Morgan fingerprint density at radius 3 is 2.07 bits per heavy atom. The van der Waals surface area contributed by atoms with E-state index < -0.39 is 0 Å². The highest BCUT2D eigenvalue weighted by Crippen LogP contribution is 2.34. The largest absolute Gasteiger partial charge is 0.363 e. The van der Waals surface area contributed by atoms with Crippen molar-refractivity contribution in [3.05, 3.63) is 94.5 Å². The summed E-state index contributed by atoms with van der Waals surface area (Å²) in [7, 11) is 0. The van der Waals surface area contributed by atoms with Gasteiger partial charge >= 0.3 is 0 Å². The summed E-state index contributed by atoms with van der Waals surface area (Å²) in [6.07, 6.45) is 0. The van der Waals surface area contributed by atoms with Gasteiger partial charge in [-0.2, -0.15) is 0 Å². The number of anilines is 2. The van der Waals surface area contributed by atoms with Gasteiger partial charge in [0.2, 0.25) is 0 Å². The van der Waals surface area contributed by atoms with Crippen molar-refractivity contribution in [2.24, 2.45) is 0 Å². The molecule has 0 N–H and O–H groups in total. The summed E-state index contributed by atoms with van der Waals surface area (Å²) in [5.74, 6) is -0.497. The van der Waals surface area contributed by atoms with Crippen LogP contribution in [0, 0.1) is 6.92 Å². The molecule has 2 amide bonds. The van der Waals surface area contributed by atoms with Crippen LogP contribution in [0.3, 0.4) is 0 Å². The van der Waals surface area contributed by atoms with Crippen LogP contribution < -0.4 is 9.80 Å². The molecule has 5 rings (SSSR count). The van der Waals surface area contributed by atoms with E-state index in [0.717, 1.165) is 24.3 Å². The molecular formula is C23H18N2O2. The first-order valence-corrected chi connectivity index (χ1v) is 9.03. The van der Waals surface area contributed by atoms with Crippen LogP contribution in [0.4, 0.5) is 11.4 Å². The molecule has 0 saturated carbocycles. The normalized spacial score (nSPS) is 15.3. The number of nitrogens with zero attached hydrogens (tertiary/aromatic N) is 2. The van der Waals surface area contributed by atoms with E-state index in [0.29, 0.717) is 16.8 Å². The smallest absolute Gasteiger partial charge is 0.266 e. The van der Waals surface area contributed by atoms with Crippen molar-refractivity contribution >= 4 is 23.2 Å². The number of benzene rings is 3. The highest BCUT2D eigenvalue weighted by atomic mass is 16.2. The minimum absolute atomic E-state index is 0.247. The van der Waals surface area contributed by atoms with Gasteiger partial charge in [0.15, 0.2) is 0 Å². The summed E-state index contributed by atoms with van der Waals surface area (Å²) in [5, 5.41) is 0. The third-order valence-electron chi connectivity index (χ3n) is 5.43. The lowest BCUT2D eigenvalue weighted by atomic mass is 10.1. The SMILES string of the molecule is Cc1ccccc1N1C(=O)c2ccc(N3Cc4ccccc4C3)cc2C1=O. The Kier molecular flexibility index (Phi) is 3.41. The topological polar surface area (TPSA) is 40.6 Å². The molecule has 0 radical (unpaired) electrons. The molecule has 0 aliphatic carbocycles. The predicted molar refractivity (Wildman–Crippen MR) is 105 cm³/mol. The number of amides is 2. The first-order chi connectivity index (χ1) is 13.1. The zero-order chi connectivity index (χ0) is 18.5. The van der Waals surface area contributed by atoms with Crippen LogP contribution in [0.2, 0.25) is 0 Å². The number of carbonyl (C=O) groups excluding carboxylic acids is 2. The van der Waals surface area contributed by atoms with Gasteiger partial charge in [0.05, 0.1) is 16.8 Å². The molecule has 0 aromatic heterocycles. The maximum Gasteiger partial charge on any atom is 0.266 e. The van der Waals surface area contributed by atoms with Crippen LogP contribution in [-0.2, 0) is 13.1 Å². The van der Waals surface area contributed by atoms with Crippen LogP contribution in [0.25, 0.3) is 0 Å². The van der Waals surface area contributed by atoms with Crippen molar-refractivity contribution in [2.75, 3.05) is 9.80 Å². The van der Waals surface area contributed by atoms with Crippen molar-refractivity contribution in [3.8, 4) is 0 Å². The third-order valence-corrected chi connectivity index (χ3v) is 5.43. The van der Waals surface area contributed by atoms with E-state index in [9.17, 15) is 9.59 Å². The van der Waals surface area contributed by atoms with Gasteiger partial charge in [0.1, 0.15) is 0 Å². The number of rotatable bonds is 2. The number of hydrogen-bond acceptors (Lipinski definition) is 3. The standard InChI is InChI=1S/C23H18N2O2/c1-15-6-2-5-9-21(15)25-22(26)19-11-10-18(12-20(19)23(25)27)24-13-16-7-3-4-8-17(16)14-24/h2-12H,13-14H2,1H3. The fourth-order valence-electron chi connectivity index (χ4n) is 3.97. The van der Waals surface area contributed by atoms with Gasteiger partial charge in [-0.25, -0.2) is 4.90 Å². The van der Waals surface area contributed by atoms with E-state index in [4.69, 9.17) is 0 Å². The molecule has 0 saturated heterocycles. The van der Waals surface area contributed by atoms with Gasteiger partial charge in [-0.3, -0.25) is 9.59 Å². The number of fused-ring (bicyclic) bond motifs is 2. The second-order valence-electron chi connectivity index (χ2n) is 7.09. The zero-order valence-electron chi connectivity index (χ0n) is 15.0. The Labute approximate surface area is 157 Å². The number of hydrogen-bond donors (Lipinski definition) is 0. The van der Waals surface area contributed by atoms with Crippen LogP contribution >= 0.6 is 0 Å². The molecule has 3 aromatic carbocycles. The van der Waals surface area contributed by atoms with Crippen LogP contribution in [0.5, 0.6) is 0 Å². The zero-order valence-corrected chi connectivity index (χ0v) is 15.0. The second kappa shape index (κ2) is 5.81. The average molecular weight is 354 g/mol. The molecule has 4 heteroatoms. The Balaban J connectivity index is 1.51. The van der Waals surface area contributed by atoms with Gasteiger partial charge in [-0.05, 0) is 47.9 Å². The summed E-state index contributed by atoms with van der Waals surface area (Å²) < 4.78 is 0. The van der Waals surface area contributed by atoms with E-state index >= 15 is 0 Å². The van der Waals surface area contributed by atoms with E-state index in [1.54, 1.807) is 6.07 Å². The van der Waals surface area contributed by atoms with Crippen molar-refractivity contribution < 1.29 is 9.59 Å². The molecule has 132 valence electrons. The lowest BCUT2D eigenvalue weighted by Gasteiger charge is -2.18. The number of imide groups is 1. The van der Waals surface area contributed by atoms with Crippen LogP contribution in [0.15, 0.2) is 66.7 Å². The molecule has 27 heavy (non-hydrogen) atoms. The predicted octanol–water partition coefficient (Wildman–Crippen LogP) is 4.32. The first kappa shape index (κ1) is 15.8. The summed E-state index contributed by atoms with van der Waals surface area (Å²) in [6.45, 7) is 3.54. The van der Waals surface area contributed by atoms with Crippen molar-refractivity contribution in [2.45, 2.75) is 20.0 Å². The van der Waals surface area contributed by atoms with Crippen LogP contribution in [0.1, 0.15) is 37.4 Å². The molecule has 4 nitrogen and oxygen atoms in total. The maximum absolute atomic E-state index is 13.0. The number of aryl methyl sites for hydroxylation is 1. The fraction of sp³-hybridized carbons (Fsp3) is 0.130. The minimum atomic E-state index is -0.249. The first-order valence-electron chi connectivity index (χ1n) is 9.03. The fourth-order valence-corrected chi connectivity index (χ4v) is 3.97. The summed E-state index contributed by atoms with van der Waals surface area (Å²) in [4.78, 5) is 29.4. The highest BCUT2D eigenvalue weighted by molar-refractivity contribution is 6.34. The Morgan fingerprint density at radius 1 is 0.741 bits per heavy atom. The highest BCUT2D eigenvalue weighted by Gasteiger charge is 2.37. The van der Waals surface area contributed by atoms with Crippen LogP contribution in [-0.4, -0.2) is 11.8 Å². The average Bonchev–Trinajstić information content (AvgIpc) is 3.22. The van der Waals surface area contributed by atoms with Crippen molar-refractivity contribution in [3.63, 3.8) is 0 Å². The van der Waals surface area contributed by atoms with Gasteiger partial charge in [0.25, 0.3) is 11.8 Å². The van der Waals surface area contributed by atoms with Crippen molar-refractivity contribution in [1.82, 2.24) is 0 Å². The lowest BCUT2D eigenvalue weighted by Crippen LogP contribution is -2.29. The Morgan fingerprint density at radius 2 is 1.37 bits per heavy atom. The molecule has 2 aliphatic rings. The Bertz CT molecular complexity index is 1080. The third kappa shape index (κ3) is 2.37. The van der Waals surface area contributed by atoms with E-state index in [1.165, 1.54) is 16.0 Å². The quantitative estimate of drug-likeness (QED) is 0.644. The minimum Gasteiger partial charge on any atom is -0.363 e. The lowest BCUT2D eigenvalue weighted by molar-refractivity contribution is 0.0926. The van der Waals surface area contributed by atoms with E-state index in [1.807, 2.05) is 55.5 Å². The van der Waals surface area contributed by atoms with Crippen molar-refractivity contribution in [1.29, 1.82) is 0 Å². The summed E-state index contributed by atoms with van der Waals surface area (Å²) >= 11 is 0. The van der Waals surface area contributed by atoms with E-state index in [-0.39, 0.29) is 11.8 Å². The molecule has 0 atom stereocenters. The van der Waals surface area contributed by atoms with E-state index in [2.05, 4.69) is 17.0 Å². The molecule has 0 unspecified atom stereocenters. The Hall–Kier alpha value is -3.40. The van der Waals surface area contributed by atoms with Gasteiger partial charge in [0, 0.05) is 18.8 Å². The molecule has 0 spiro atoms. The van der Waals surface area contributed by atoms with Gasteiger partial charge < -0.3 is 4.90 Å².